The van der Waals surface area contributed by atoms with Gasteiger partial charge in [-0.15, -0.1) is 0 Å². The topological polar surface area (TPSA) is 6.48 Å². The van der Waals surface area contributed by atoms with Crippen LogP contribution in [0.5, 0.6) is 0 Å². The average Bonchev–Trinajstić information content (AvgIpc) is 3.15. The Labute approximate surface area is 301 Å². The Morgan fingerprint density at radius 1 is 0.420 bits per heavy atom. The summed E-state index contributed by atoms with van der Waals surface area (Å²) in [7, 11) is 0. The fraction of sp³-hybridized carbons (Fsp3) is 0.250. The van der Waals surface area contributed by atoms with Crippen molar-refractivity contribution in [1.29, 1.82) is 0 Å². The molecule has 0 spiro atoms. The summed E-state index contributed by atoms with van der Waals surface area (Å²) in [5.41, 5.74) is 13.5. The van der Waals surface area contributed by atoms with Crippen molar-refractivity contribution in [3.8, 4) is 0 Å². The Kier molecular flexibility index (Phi) is 12.2. The minimum Gasteiger partial charge on any atom is -0.363 e. The lowest BCUT2D eigenvalue weighted by atomic mass is 9.82. The molecule has 0 saturated carbocycles. The predicted octanol–water partition coefficient (Wildman–Crippen LogP) is 12.4. The molecule has 0 saturated heterocycles. The highest BCUT2D eigenvalue weighted by Gasteiger charge is 2.21. The van der Waals surface area contributed by atoms with E-state index in [0.717, 1.165) is 32.6 Å². The van der Waals surface area contributed by atoms with Crippen molar-refractivity contribution >= 4 is 11.4 Å². The molecule has 6 aromatic carbocycles. The van der Waals surface area contributed by atoms with E-state index in [0.29, 0.717) is 5.92 Å². The van der Waals surface area contributed by atoms with Crippen LogP contribution in [0.25, 0.3) is 0 Å². The van der Waals surface area contributed by atoms with Crippen molar-refractivity contribution in [2.75, 3.05) is 9.80 Å². The van der Waals surface area contributed by atoms with Crippen LogP contribution in [0.4, 0.5) is 11.4 Å². The first-order valence-electron chi connectivity index (χ1n) is 18.4. The second kappa shape index (κ2) is 17.5. The summed E-state index contributed by atoms with van der Waals surface area (Å²) < 4.78 is 0. The molecule has 6 rings (SSSR count). The minimum absolute atomic E-state index is 0.359. The first-order chi connectivity index (χ1) is 24.6. The number of anilines is 2. The van der Waals surface area contributed by atoms with Crippen molar-refractivity contribution < 1.29 is 0 Å². The molecular formula is C48H52N2. The third-order valence-electron chi connectivity index (χ3n) is 9.95. The third-order valence-corrected chi connectivity index (χ3v) is 9.95. The summed E-state index contributed by atoms with van der Waals surface area (Å²) in [5.74, 6) is 0.359. The zero-order chi connectivity index (χ0) is 34.5. The third kappa shape index (κ3) is 9.33. The predicted molar refractivity (Wildman–Crippen MR) is 214 cm³/mol. The molecule has 0 radical (unpaired) electrons. The first kappa shape index (κ1) is 34.8. The van der Waals surface area contributed by atoms with Gasteiger partial charge in [0.15, 0.2) is 0 Å². The number of unbranched alkanes of at least 4 members (excludes halogenated alkanes) is 2. The van der Waals surface area contributed by atoms with Gasteiger partial charge in [-0.3, -0.25) is 0 Å². The van der Waals surface area contributed by atoms with Crippen LogP contribution in [0.2, 0.25) is 0 Å². The van der Waals surface area contributed by atoms with E-state index in [1.165, 1.54) is 75.1 Å². The molecule has 0 bridgehead atoms. The second-order valence-corrected chi connectivity index (χ2v) is 13.8. The maximum Gasteiger partial charge on any atom is 0.0433 e. The molecule has 6 aromatic rings. The molecule has 0 heterocycles. The Morgan fingerprint density at radius 2 is 0.760 bits per heavy atom. The van der Waals surface area contributed by atoms with E-state index in [-0.39, 0.29) is 0 Å². The van der Waals surface area contributed by atoms with Crippen LogP contribution in [0, 0.1) is 13.8 Å². The largest absolute Gasteiger partial charge is 0.363 e. The molecule has 0 fully saturated rings. The summed E-state index contributed by atoms with van der Waals surface area (Å²) in [6.07, 6.45) is 4.87. The van der Waals surface area contributed by atoms with Gasteiger partial charge in [-0.2, -0.15) is 0 Å². The number of nitrogens with zero attached hydrogens (tertiary/aromatic N) is 2. The van der Waals surface area contributed by atoms with Crippen LogP contribution in [0.15, 0.2) is 158 Å². The van der Waals surface area contributed by atoms with Crippen LogP contribution in [0.1, 0.15) is 83.0 Å². The molecule has 2 heteroatoms. The van der Waals surface area contributed by atoms with Gasteiger partial charge in [0.05, 0.1) is 0 Å². The molecule has 0 N–H and O–H groups in total. The normalized spacial score (nSPS) is 11.1. The molecule has 0 unspecified atom stereocenters. The maximum absolute atomic E-state index is 2.52. The van der Waals surface area contributed by atoms with Gasteiger partial charge in [-0.1, -0.05) is 160 Å². The van der Waals surface area contributed by atoms with Crippen LogP contribution >= 0.6 is 0 Å². The molecule has 0 amide bonds. The van der Waals surface area contributed by atoms with Crippen LogP contribution in [-0.4, -0.2) is 0 Å². The van der Waals surface area contributed by atoms with E-state index in [9.17, 15) is 0 Å². The summed E-state index contributed by atoms with van der Waals surface area (Å²) >= 11 is 0. The molecule has 254 valence electrons. The highest BCUT2D eigenvalue weighted by atomic mass is 15.1. The fourth-order valence-corrected chi connectivity index (χ4v) is 7.26. The van der Waals surface area contributed by atoms with Gasteiger partial charge in [0, 0.05) is 43.5 Å². The van der Waals surface area contributed by atoms with E-state index in [4.69, 9.17) is 0 Å². The number of aryl methyl sites for hydroxylation is 2. The van der Waals surface area contributed by atoms with Gasteiger partial charge in [0.25, 0.3) is 0 Å². The van der Waals surface area contributed by atoms with Crippen molar-refractivity contribution in [2.45, 2.75) is 78.6 Å². The first-order valence-corrected chi connectivity index (χ1v) is 18.4. The molecule has 0 aliphatic heterocycles. The summed E-state index contributed by atoms with van der Waals surface area (Å²) in [4.78, 5) is 5.03. The highest BCUT2D eigenvalue weighted by molar-refractivity contribution is 5.57. The number of rotatable bonds is 16. The quantitative estimate of drug-likeness (QED) is 0.0957. The Hall–Kier alpha value is -5.08. The lowest BCUT2D eigenvalue weighted by Gasteiger charge is -2.29. The van der Waals surface area contributed by atoms with Gasteiger partial charge >= 0.3 is 0 Å². The number of hydrogen-bond acceptors (Lipinski definition) is 2. The Balaban J connectivity index is 1.31. The van der Waals surface area contributed by atoms with E-state index in [1.54, 1.807) is 0 Å². The SMILES string of the molecule is CCCCCC(c1ccc(N(Cc2ccccc2)Cc2ccccc2)cc1C)c1ccc(N(Cc2ccccc2)Cc2ccccc2)cc1C. The molecule has 0 aromatic heterocycles. The van der Waals surface area contributed by atoms with Crippen LogP contribution < -0.4 is 9.80 Å². The number of hydrogen-bond donors (Lipinski definition) is 0. The van der Waals surface area contributed by atoms with Crippen molar-refractivity contribution in [1.82, 2.24) is 0 Å². The maximum atomic E-state index is 2.52. The van der Waals surface area contributed by atoms with Crippen LogP contribution in [0.3, 0.4) is 0 Å². The monoisotopic (exact) mass is 656 g/mol. The fourth-order valence-electron chi connectivity index (χ4n) is 7.26. The average molecular weight is 657 g/mol. The van der Waals surface area contributed by atoms with Crippen LogP contribution in [-0.2, 0) is 26.2 Å². The molecule has 2 nitrogen and oxygen atoms in total. The molecular weight excluding hydrogens is 605 g/mol. The Bertz CT molecular complexity index is 1660. The second-order valence-electron chi connectivity index (χ2n) is 13.8. The summed E-state index contributed by atoms with van der Waals surface area (Å²) in [6, 6.07) is 57.8. The molecule has 50 heavy (non-hydrogen) atoms. The highest BCUT2D eigenvalue weighted by Crippen LogP contribution is 2.37. The number of benzene rings is 6. The zero-order valence-electron chi connectivity index (χ0n) is 30.1. The van der Waals surface area contributed by atoms with Crippen molar-refractivity contribution in [2.24, 2.45) is 0 Å². The van der Waals surface area contributed by atoms with Crippen molar-refractivity contribution in [3.05, 3.63) is 202 Å². The van der Waals surface area contributed by atoms with Crippen molar-refractivity contribution in [3.63, 3.8) is 0 Å². The van der Waals surface area contributed by atoms with Gasteiger partial charge in [0.2, 0.25) is 0 Å². The summed E-state index contributed by atoms with van der Waals surface area (Å²) in [5, 5.41) is 0. The van der Waals surface area contributed by atoms with E-state index in [1.807, 2.05) is 0 Å². The van der Waals surface area contributed by atoms with Gasteiger partial charge in [0.1, 0.15) is 0 Å². The zero-order valence-corrected chi connectivity index (χ0v) is 30.1. The smallest absolute Gasteiger partial charge is 0.0433 e. The van der Waals surface area contributed by atoms with Gasteiger partial charge in [-0.25, -0.2) is 0 Å². The molecule has 0 aliphatic rings. The lowest BCUT2D eigenvalue weighted by molar-refractivity contribution is 0.615. The molecule has 0 aliphatic carbocycles. The molecule has 0 atom stereocenters. The summed E-state index contributed by atoms with van der Waals surface area (Å²) in [6.45, 7) is 10.4. The van der Waals surface area contributed by atoms with Gasteiger partial charge < -0.3 is 9.80 Å². The van der Waals surface area contributed by atoms with E-state index in [2.05, 4.69) is 188 Å². The Morgan fingerprint density at radius 3 is 1.06 bits per heavy atom. The minimum atomic E-state index is 0.359. The van der Waals surface area contributed by atoms with E-state index >= 15 is 0 Å². The lowest BCUT2D eigenvalue weighted by Crippen LogP contribution is -2.22. The standard InChI is InChI=1S/C48H52N2/c1-4-5-10-27-48(46-30-28-44(32-38(46)2)49(34-40-19-11-6-12-20-40)35-41-21-13-7-14-22-41)47-31-29-45(33-39(47)3)50(36-42-23-15-8-16-24-42)37-43-25-17-9-18-26-43/h6-9,11-26,28-33,48H,4-5,10,27,34-37H2,1-3H3. The van der Waals surface area contributed by atoms with Gasteiger partial charge in [-0.05, 0) is 89.0 Å². The van der Waals surface area contributed by atoms with E-state index < -0.39 is 0 Å².